The quantitative estimate of drug-likeness (QED) is 0.799. The number of fused-ring (bicyclic) bond motifs is 3. The van der Waals surface area contributed by atoms with Crippen molar-refractivity contribution in [2.75, 3.05) is 7.05 Å². The van der Waals surface area contributed by atoms with E-state index in [1.807, 2.05) is 20.2 Å². The Bertz CT molecular complexity index is 571. The third-order valence-corrected chi connectivity index (χ3v) is 3.99. The van der Waals surface area contributed by atoms with Crippen LogP contribution in [0.15, 0.2) is 18.2 Å². The van der Waals surface area contributed by atoms with Gasteiger partial charge in [-0.2, -0.15) is 0 Å². The fourth-order valence-electron chi connectivity index (χ4n) is 2.99. The van der Waals surface area contributed by atoms with E-state index >= 15 is 0 Å². The first-order chi connectivity index (χ1) is 8.20. The van der Waals surface area contributed by atoms with Crippen molar-refractivity contribution in [3.8, 4) is 0 Å². The molecule has 0 saturated heterocycles. The van der Waals surface area contributed by atoms with Gasteiger partial charge in [0.25, 0.3) is 0 Å². The van der Waals surface area contributed by atoms with Gasteiger partial charge in [0.1, 0.15) is 5.82 Å². The minimum Gasteiger partial charge on any atom is -0.347 e. The maximum Gasteiger partial charge on any atom is 0.125 e. The molecule has 0 spiro atoms. The molecular formula is C14H17FN2. The highest BCUT2D eigenvalue weighted by atomic mass is 19.1. The Balaban J connectivity index is 2.22. The van der Waals surface area contributed by atoms with E-state index in [2.05, 4.69) is 9.88 Å². The van der Waals surface area contributed by atoms with Crippen LogP contribution in [0.5, 0.6) is 0 Å². The summed E-state index contributed by atoms with van der Waals surface area (Å²) in [5.74, 6) is -0.152. The van der Waals surface area contributed by atoms with E-state index in [1.54, 1.807) is 12.1 Å². The number of hydrogen-bond donors (Lipinski definition) is 1. The molecule has 1 heterocycles. The molecule has 3 rings (SSSR count). The molecule has 1 atom stereocenters. The summed E-state index contributed by atoms with van der Waals surface area (Å²) in [6, 6.07) is 5.67. The van der Waals surface area contributed by atoms with Crippen LogP contribution < -0.4 is 5.32 Å². The highest BCUT2D eigenvalue weighted by molar-refractivity contribution is 5.86. The zero-order valence-electron chi connectivity index (χ0n) is 10.3. The number of hydrogen-bond acceptors (Lipinski definition) is 1. The van der Waals surface area contributed by atoms with E-state index in [9.17, 15) is 4.39 Å². The Morgan fingerprint density at radius 1 is 1.41 bits per heavy atom. The van der Waals surface area contributed by atoms with Crippen LogP contribution in [0.4, 0.5) is 4.39 Å². The Morgan fingerprint density at radius 2 is 2.24 bits per heavy atom. The number of benzene rings is 1. The molecule has 2 nitrogen and oxygen atoms in total. The number of rotatable bonds is 1. The van der Waals surface area contributed by atoms with Crippen molar-refractivity contribution in [3.63, 3.8) is 0 Å². The van der Waals surface area contributed by atoms with Crippen LogP contribution in [0.2, 0.25) is 0 Å². The predicted molar refractivity (Wildman–Crippen MR) is 67.7 cm³/mol. The van der Waals surface area contributed by atoms with Crippen molar-refractivity contribution < 1.29 is 4.39 Å². The lowest BCUT2D eigenvalue weighted by molar-refractivity contribution is 0.488. The zero-order chi connectivity index (χ0) is 12.0. The van der Waals surface area contributed by atoms with Gasteiger partial charge in [0.05, 0.1) is 5.52 Å². The second kappa shape index (κ2) is 3.84. The van der Waals surface area contributed by atoms with Gasteiger partial charge in [0, 0.05) is 24.2 Å². The number of likely N-dealkylation sites (N-methyl/N-ethyl adjacent to an activating group) is 1. The lowest BCUT2D eigenvalue weighted by Crippen LogP contribution is -2.31. The van der Waals surface area contributed by atoms with Crippen LogP contribution in [0, 0.1) is 5.82 Å². The lowest BCUT2D eigenvalue weighted by atomic mass is 9.91. The summed E-state index contributed by atoms with van der Waals surface area (Å²) in [6.45, 7) is 0. The number of halogens is 1. The average molecular weight is 232 g/mol. The highest BCUT2D eigenvalue weighted by Gasteiger charge is 2.23. The van der Waals surface area contributed by atoms with Crippen molar-refractivity contribution in [3.05, 3.63) is 35.3 Å². The van der Waals surface area contributed by atoms with E-state index in [4.69, 9.17) is 0 Å². The summed E-state index contributed by atoms with van der Waals surface area (Å²) in [5, 5.41) is 4.56. The molecule has 0 radical (unpaired) electrons. The van der Waals surface area contributed by atoms with Gasteiger partial charge < -0.3 is 9.88 Å². The molecule has 0 aliphatic heterocycles. The van der Waals surface area contributed by atoms with Gasteiger partial charge in [-0.1, -0.05) is 0 Å². The molecule has 3 heteroatoms. The third kappa shape index (κ3) is 1.57. The molecule has 1 N–H and O–H groups in total. The fraction of sp³-hybridized carbons (Fsp3) is 0.429. The van der Waals surface area contributed by atoms with E-state index in [0.29, 0.717) is 6.04 Å². The molecule has 0 fully saturated rings. The fourth-order valence-corrected chi connectivity index (χ4v) is 2.99. The molecule has 2 aromatic rings. The van der Waals surface area contributed by atoms with Crippen LogP contribution in [-0.4, -0.2) is 17.7 Å². The topological polar surface area (TPSA) is 17.0 Å². The molecule has 1 aromatic heterocycles. The van der Waals surface area contributed by atoms with E-state index in [-0.39, 0.29) is 5.82 Å². The Labute approximate surface area is 100 Å². The molecule has 90 valence electrons. The van der Waals surface area contributed by atoms with Crippen molar-refractivity contribution in [1.82, 2.24) is 9.88 Å². The molecule has 0 bridgehead atoms. The Hall–Kier alpha value is -1.35. The maximum atomic E-state index is 13.3. The third-order valence-electron chi connectivity index (χ3n) is 3.99. The largest absolute Gasteiger partial charge is 0.347 e. The summed E-state index contributed by atoms with van der Waals surface area (Å²) in [5.41, 5.74) is 3.79. The first kappa shape index (κ1) is 10.8. The number of nitrogens with one attached hydrogen (secondary N) is 1. The molecule has 17 heavy (non-hydrogen) atoms. The maximum absolute atomic E-state index is 13.3. The first-order valence-corrected chi connectivity index (χ1v) is 6.13. The molecule has 0 amide bonds. The number of aromatic nitrogens is 1. The van der Waals surface area contributed by atoms with Crippen LogP contribution >= 0.6 is 0 Å². The van der Waals surface area contributed by atoms with Gasteiger partial charge in [0.2, 0.25) is 0 Å². The van der Waals surface area contributed by atoms with E-state index in [1.165, 1.54) is 16.6 Å². The molecule has 1 unspecified atom stereocenters. The van der Waals surface area contributed by atoms with Crippen molar-refractivity contribution in [2.24, 2.45) is 7.05 Å². The van der Waals surface area contributed by atoms with Crippen molar-refractivity contribution in [1.29, 1.82) is 0 Å². The van der Waals surface area contributed by atoms with Gasteiger partial charge in [-0.15, -0.1) is 0 Å². The van der Waals surface area contributed by atoms with Crippen molar-refractivity contribution in [2.45, 2.75) is 25.3 Å². The first-order valence-electron chi connectivity index (χ1n) is 6.13. The van der Waals surface area contributed by atoms with Crippen molar-refractivity contribution >= 4 is 10.9 Å². The van der Waals surface area contributed by atoms with Gasteiger partial charge in [-0.3, -0.25) is 0 Å². The normalized spacial score (nSPS) is 19.6. The van der Waals surface area contributed by atoms with E-state index in [0.717, 1.165) is 24.8 Å². The van der Waals surface area contributed by atoms with Gasteiger partial charge in [-0.25, -0.2) is 4.39 Å². The van der Waals surface area contributed by atoms with Gasteiger partial charge >= 0.3 is 0 Å². The Kier molecular flexibility index (Phi) is 2.44. The van der Waals surface area contributed by atoms with Gasteiger partial charge in [0.15, 0.2) is 0 Å². The summed E-state index contributed by atoms with van der Waals surface area (Å²) in [4.78, 5) is 0. The summed E-state index contributed by atoms with van der Waals surface area (Å²) >= 11 is 0. The van der Waals surface area contributed by atoms with Crippen LogP contribution in [0.25, 0.3) is 10.9 Å². The van der Waals surface area contributed by atoms with Crippen LogP contribution in [0.1, 0.15) is 17.7 Å². The predicted octanol–water partition coefficient (Wildman–Crippen LogP) is 2.39. The van der Waals surface area contributed by atoms with Crippen LogP contribution in [0.3, 0.4) is 0 Å². The van der Waals surface area contributed by atoms with Crippen LogP contribution in [-0.2, 0) is 19.9 Å². The monoisotopic (exact) mass is 232 g/mol. The number of aryl methyl sites for hydroxylation is 1. The summed E-state index contributed by atoms with van der Waals surface area (Å²) in [7, 11) is 4.06. The average Bonchev–Trinajstić information content (AvgIpc) is 2.62. The van der Waals surface area contributed by atoms with E-state index < -0.39 is 0 Å². The Morgan fingerprint density at radius 3 is 3.00 bits per heavy atom. The highest BCUT2D eigenvalue weighted by Crippen LogP contribution is 2.31. The lowest BCUT2D eigenvalue weighted by Gasteiger charge is -2.22. The second-order valence-corrected chi connectivity index (χ2v) is 4.87. The summed E-state index contributed by atoms with van der Waals surface area (Å²) < 4.78 is 15.5. The minimum absolute atomic E-state index is 0.152. The molecule has 1 aliphatic carbocycles. The number of nitrogens with zero attached hydrogens (tertiary/aromatic N) is 1. The molecular weight excluding hydrogens is 215 g/mol. The molecule has 1 aliphatic rings. The molecule has 0 saturated carbocycles. The SMILES string of the molecule is CNC1CCc2c(c3ccc(F)cc3n2C)C1. The second-order valence-electron chi connectivity index (χ2n) is 4.87. The zero-order valence-corrected chi connectivity index (χ0v) is 10.3. The smallest absolute Gasteiger partial charge is 0.125 e. The minimum atomic E-state index is -0.152. The van der Waals surface area contributed by atoms with Gasteiger partial charge in [-0.05, 0) is 50.1 Å². The molecule has 1 aromatic carbocycles. The summed E-state index contributed by atoms with van der Waals surface area (Å²) in [6.07, 6.45) is 3.29. The standard InChI is InChI=1S/C14H17FN2/c1-16-10-4-6-13-12(8-10)11-5-3-9(15)7-14(11)17(13)2/h3,5,7,10,16H,4,6,8H2,1-2H3.